The molecule has 0 spiro atoms. The summed E-state index contributed by atoms with van der Waals surface area (Å²) in [7, 11) is 4.06. The van der Waals surface area contributed by atoms with E-state index in [2.05, 4.69) is 50.4 Å². The molecule has 0 radical (unpaired) electrons. The Morgan fingerprint density at radius 2 is 2.00 bits per heavy atom. The highest BCUT2D eigenvalue weighted by molar-refractivity contribution is 9.10. The Balaban J connectivity index is 1.55. The van der Waals surface area contributed by atoms with Crippen LogP contribution in [0, 0.1) is 0 Å². The molecule has 24 heavy (non-hydrogen) atoms. The summed E-state index contributed by atoms with van der Waals surface area (Å²) in [5.74, 6) is 0.766. The molecule has 1 heterocycles. The number of benzene rings is 2. The van der Waals surface area contributed by atoms with Gasteiger partial charge in [0.15, 0.2) is 0 Å². The van der Waals surface area contributed by atoms with Crippen LogP contribution in [0.25, 0.3) is 0 Å². The highest BCUT2D eigenvalue weighted by Gasteiger charge is 2.26. The van der Waals surface area contributed by atoms with Crippen LogP contribution in [0.4, 0.5) is 5.69 Å². The average molecular weight is 412 g/mol. The van der Waals surface area contributed by atoms with Crippen LogP contribution < -0.4 is 15.0 Å². The topological polar surface area (TPSA) is 33.7 Å². The van der Waals surface area contributed by atoms with E-state index in [1.54, 1.807) is 0 Å². The van der Waals surface area contributed by atoms with Crippen molar-refractivity contribution in [2.75, 3.05) is 32.1 Å². The van der Waals surface area contributed by atoms with Gasteiger partial charge in [0.1, 0.15) is 24.7 Å². The standard InChI is InChI=1S/C18H20BrClN2O2/c1-22(2)14-6-3-12(4-7-14)18-21-10-15(24-18)11-23-17-8-5-13(20)9-16(17)19/h3-9,15,18,21H,10-11H2,1-2H3/t15-,18+/m0/s1. The lowest BCUT2D eigenvalue weighted by atomic mass is 10.2. The normalized spacial score (nSPS) is 20.2. The lowest BCUT2D eigenvalue weighted by Crippen LogP contribution is -2.22. The van der Waals surface area contributed by atoms with Crippen LogP contribution >= 0.6 is 27.5 Å². The van der Waals surface area contributed by atoms with Crippen LogP contribution in [0.3, 0.4) is 0 Å². The first-order chi connectivity index (χ1) is 11.5. The van der Waals surface area contributed by atoms with Crippen molar-refractivity contribution >= 4 is 33.2 Å². The van der Waals surface area contributed by atoms with Crippen molar-refractivity contribution in [1.82, 2.24) is 5.32 Å². The lowest BCUT2D eigenvalue weighted by molar-refractivity contribution is 0.0157. The van der Waals surface area contributed by atoms with Gasteiger partial charge in [-0.3, -0.25) is 5.32 Å². The first-order valence-electron chi connectivity index (χ1n) is 7.77. The first kappa shape index (κ1) is 17.5. The van der Waals surface area contributed by atoms with E-state index >= 15 is 0 Å². The Morgan fingerprint density at radius 1 is 1.25 bits per heavy atom. The van der Waals surface area contributed by atoms with Crippen LogP contribution in [0.2, 0.25) is 5.02 Å². The molecule has 0 aromatic heterocycles. The SMILES string of the molecule is CN(C)c1ccc([C@@H]2NC[C@@H](COc3ccc(Cl)cc3Br)O2)cc1. The van der Waals surface area contributed by atoms with E-state index in [0.29, 0.717) is 11.6 Å². The van der Waals surface area contributed by atoms with Crippen LogP contribution in [0.1, 0.15) is 11.8 Å². The van der Waals surface area contributed by atoms with E-state index in [1.807, 2.05) is 32.3 Å². The molecular weight excluding hydrogens is 392 g/mol. The summed E-state index contributed by atoms with van der Waals surface area (Å²) < 4.78 is 12.7. The number of hydrogen-bond donors (Lipinski definition) is 1. The zero-order chi connectivity index (χ0) is 17.1. The van der Waals surface area contributed by atoms with Crippen molar-refractivity contribution in [3.05, 3.63) is 57.5 Å². The zero-order valence-corrected chi connectivity index (χ0v) is 16.0. The van der Waals surface area contributed by atoms with E-state index in [0.717, 1.165) is 22.3 Å². The molecule has 0 bridgehead atoms. The highest BCUT2D eigenvalue weighted by Crippen LogP contribution is 2.29. The van der Waals surface area contributed by atoms with Crippen LogP contribution in [-0.2, 0) is 4.74 Å². The summed E-state index contributed by atoms with van der Waals surface area (Å²) in [6, 6.07) is 13.8. The number of hydrogen-bond acceptors (Lipinski definition) is 4. The van der Waals surface area contributed by atoms with Crippen LogP contribution in [0.5, 0.6) is 5.75 Å². The molecule has 2 aromatic carbocycles. The summed E-state index contributed by atoms with van der Waals surface area (Å²) >= 11 is 9.39. The van der Waals surface area contributed by atoms with Crippen molar-refractivity contribution in [2.24, 2.45) is 0 Å². The molecule has 0 aliphatic carbocycles. The molecule has 6 heteroatoms. The third kappa shape index (κ3) is 4.22. The average Bonchev–Trinajstić information content (AvgIpc) is 3.03. The second-order valence-electron chi connectivity index (χ2n) is 5.92. The number of nitrogens with zero attached hydrogens (tertiary/aromatic N) is 1. The molecule has 0 unspecified atom stereocenters. The third-order valence-electron chi connectivity index (χ3n) is 3.89. The molecular formula is C18H20BrClN2O2. The largest absolute Gasteiger partial charge is 0.490 e. The number of halogens is 2. The van der Waals surface area contributed by atoms with E-state index in [4.69, 9.17) is 21.1 Å². The van der Waals surface area contributed by atoms with Crippen LogP contribution in [-0.4, -0.2) is 33.4 Å². The predicted molar refractivity (Wildman–Crippen MR) is 101 cm³/mol. The molecule has 3 rings (SSSR count). The summed E-state index contributed by atoms with van der Waals surface area (Å²) in [6.45, 7) is 1.24. The summed E-state index contributed by atoms with van der Waals surface area (Å²) in [5, 5.41) is 4.06. The van der Waals surface area contributed by atoms with Crippen molar-refractivity contribution in [2.45, 2.75) is 12.3 Å². The van der Waals surface area contributed by atoms with Gasteiger partial charge in [0.25, 0.3) is 0 Å². The molecule has 0 amide bonds. The fourth-order valence-corrected chi connectivity index (χ4v) is 3.34. The highest BCUT2D eigenvalue weighted by atomic mass is 79.9. The summed E-state index contributed by atoms with van der Waals surface area (Å²) in [4.78, 5) is 2.08. The van der Waals surface area contributed by atoms with Gasteiger partial charge in [0.2, 0.25) is 0 Å². The second kappa shape index (κ2) is 7.74. The molecule has 128 valence electrons. The predicted octanol–water partition coefficient (Wildman–Crippen LogP) is 4.23. The minimum Gasteiger partial charge on any atom is -0.490 e. The first-order valence-corrected chi connectivity index (χ1v) is 8.94. The Hall–Kier alpha value is -1.27. The molecule has 2 aromatic rings. The van der Waals surface area contributed by atoms with Gasteiger partial charge < -0.3 is 14.4 Å². The van der Waals surface area contributed by atoms with Gasteiger partial charge in [-0.1, -0.05) is 23.7 Å². The molecule has 1 saturated heterocycles. The number of rotatable bonds is 5. The van der Waals surface area contributed by atoms with Gasteiger partial charge >= 0.3 is 0 Å². The smallest absolute Gasteiger partial charge is 0.135 e. The van der Waals surface area contributed by atoms with Gasteiger partial charge in [-0.2, -0.15) is 0 Å². The Kier molecular flexibility index (Phi) is 5.66. The minimum atomic E-state index is -0.0940. The fraction of sp³-hybridized carbons (Fsp3) is 0.333. The maximum atomic E-state index is 6.04. The van der Waals surface area contributed by atoms with E-state index < -0.39 is 0 Å². The number of nitrogens with one attached hydrogen (secondary N) is 1. The van der Waals surface area contributed by atoms with Crippen molar-refractivity contribution in [1.29, 1.82) is 0 Å². The summed E-state index contributed by atoms with van der Waals surface area (Å²) in [6.07, 6.45) is -0.0884. The maximum Gasteiger partial charge on any atom is 0.135 e. The summed E-state index contributed by atoms with van der Waals surface area (Å²) in [5.41, 5.74) is 2.29. The number of anilines is 1. The maximum absolute atomic E-state index is 6.04. The monoisotopic (exact) mass is 410 g/mol. The van der Waals surface area contributed by atoms with Crippen LogP contribution in [0.15, 0.2) is 46.9 Å². The molecule has 1 fully saturated rings. The zero-order valence-electron chi connectivity index (χ0n) is 13.6. The van der Waals surface area contributed by atoms with Gasteiger partial charge in [-0.05, 0) is 51.8 Å². The van der Waals surface area contributed by atoms with Crippen molar-refractivity contribution < 1.29 is 9.47 Å². The molecule has 4 nitrogen and oxygen atoms in total. The Morgan fingerprint density at radius 3 is 2.67 bits per heavy atom. The fourth-order valence-electron chi connectivity index (χ4n) is 2.54. The van der Waals surface area contributed by atoms with Gasteiger partial charge in [-0.15, -0.1) is 0 Å². The third-order valence-corrected chi connectivity index (χ3v) is 4.75. The van der Waals surface area contributed by atoms with E-state index in [9.17, 15) is 0 Å². The van der Waals surface area contributed by atoms with Crippen molar-refractivity contribution in [3.8, 4) is 5.75 Å². The molecule has 1 aliphatic heterocycles. The molecule has 2 atom stereocenters. The second-order valence-corrected chi connectivity index (χ2v) is 7.21. The molecule has 0 saturated carbocycles. The Labute approximate surface area is 155 Å². The molecule has 1 N–H and O–H groups in total. The van der Waals surface area contributed by atoms with E-state index in [1.165, 1.54) is 5.69 Å². The quantitative estimate of drug-likeness (QED) is 0.798. The van der Waals surface area contributed by atoms with Crippen molar-refractivity contribution in [3.63, 3.8) is 0 Å². The van der Waals surface area contributed by atoms with Gasteiger partial charge in [-0.25, -0.2) is 0 Å². The minimum absolute atomic E-state index is 0.00565. The van der Waals surface area contributed by atoms with Gasteiger partial charge in [0.05, 0.1) is 4.47 Å². The Bertz CT molecular complexity index is 694. The van der Waals surface area contributed by atoms with E-state index in [-0.39, 0.29) is 12.3 Å². The molecule has 1 aliphatic rings. The number of ether oxygens (including phenoxy) is 2. The lowest BCUT2D eigenvalue weighted by Gasteiger charge is -2.16. The van der Waals surface area contributed by atoms with Gasteiger partial charge in [0, 0.05) is 31.4 Å².